The number of hydrogen-bond acceptors (Lipinski definition) is 4. The van der Waals surface area contributed by atoms with Crippen LogP contribution in [0.3, 0.4) is 0 Å². The number of rotatable bonds is 5. The molecular formula is C17H17ClN4O2. The molecule has 0 spiro atoms. The van der Waals surface area contributed by atoms with E-state index in [0.29, 0.717) is 22.3 Å². The van der Waals surface area contributed by atoms with Gasteiger partial charge in [0.25, 0.3) is 5.91 Å². The molecule has 2 N–H and O–H groups in total. The summed E-state index contributed by atoms with van der Waals surface area (Å²) in [4.78, 5) is 23.9. The normalized spacial score (nSPS) is 11.0. The Kier molecular flexibility index (Phi) is 4.66. The summed E-state index contributed by atoms with van der Waals surface area (Å²) in [6.45, 7) is 4.05. The van der Waals surface area contributed by atoms with Crippen LogP contribution < -0.4 is 10.1 Å². The van der Waals surface area contributed by atoms with E-state index < -0.39 is 0 Å². The second kappa shape index (κ2) is 6.88. The minimum absolute atomic E-state index is 0.0391. The molecule has 0 saturated carbocycles. The maximum Gasteiger partial charge on any atom is 0.253 e. The molecule has 0 aliphatic heterocycles. The van der Waals surface area contributed by atoms with Crippen LogP contribution in [0.15, 0.2) is 36.5 Å². The molecule has 2 heterocycles. The van der Waals surface area contributed by atoms with E-state index in [9.17, 15) is 4.79 Å². The molecule has 0 atom stereocenters. The molecule has 0 aliphatic carbocycles. The molecule has 0 saturated heterocycles. The average Bonchev–Trinajstić information content (AvgIpc) is 2.97. The Morgan fingerprint density at radius 2 is 2.17 bits per heavy atom. The number of para-hydroxylation sites is 2. The third kappa shape index (κ3) is 3.65. The van der Waals surface area contributed by atoms with E-state index in [2.05, 4.69) is 20.3 Å². The lowest BCUT2D eigenvalue weighted by Crippen LogP contribution is -2.23. The fraction of sp³-hybridized carbons (Fsp3) is 0.235. The van der Waals surface area contributed by atoms with Gasteiger partial charge in [0.1, 0.15) is 10.8 Å². The zero-order valence-electron chi connectivity index (χ0n) is 13.3. The van der Waals surface area contributed by atoms with Gasteiger partial charge in [-0.05, 0) is 32.0 Å². The van der Waals surface area contributed by atoms with Gasteiger partial charge in [-0.2, -0.15) is 0 Å². The Labute approximate surface area is 144 Å². The highest BCUT2D eigenvalue weighted by Crippen LogP contribution is 2.23. The highest BCUT2D eigenvalue weighted by atomic mass is 35.5. The molecule has 1 aromatic carbocycles. The van der Waals surface area contributed by atoms with E-state index in [-0.39, 0.29) is 18.6 Å². The maximum atomic E-state index is 12.2. The number of aromatic nitrogens is 3. The molecule has 1 amide bonds. The highest BCUT2D eigenvalue weighted by Gasteiger charge is 2.12. The van der Waals surface area contributed by atoms with Crippen molar-refractivity contribution in [3.8, 4) is 5.88 Å². The topological polar surface area (TPSA) is 79.9 Å². The van der Waals surface area contributed by atoms with Gasteiger partial charge in [-0.1, -0.05) is 23.7 Å². The molecule has 0 bridgehead atoms. The number of hydrogen-bond donors (Lipinski definition) is 2. The quantitative estimate of drug-likeness (QED) is 0.744. The standard InChI is InChI=1S/C17H17ClN4O2/c1-10(2)24-17-12(18)7-11(8-20-17)16(23)19-9-15-21-13-5-3-4-6-14(13)22-15/h3-8,10H,9H2,1-2H3,(H,19,23)(H,21,22). The number of pyridine rings is 1. The molecule has 124 valence electrons. The van der Waals surface area contributed by atoms with Gasteiger partial charge in [0.2, 0.25) is 5.88 Å². The van der Waals surface area contributed by atoms with Crippen LogP contribution in [-0.4, -0.2) is 27.0 Å². The largest absolute Gasteiger partial charge is 0.474 e. The number of H-pyrrole nitrogens is 1. The predicted molar refractivity (Wildman–Crippen MR) is 92.3 cm³/mol. The first-order valence-electron chi connectivity index (χ1n) is 7.57. The molecule has 0 fully saturated rings. The predicted octanol–water partition coefficient (Wildman–Crippen LogP) is 3.33. The summed E-state index contributed by atoms with van der Waals surface area (Å²) < 4.78 is 5.45. The van der Waals surface area contributed by atoms with Crippen molar-refractivity contribution < 1.29 is 9.53 Å². The fourth-order valence-corrected chi connectivity index (χ4v) is 2.43. The van der Waals surface area contributed by atoms with E-state index in [4.69, 9.17) is 16.3 Å². The number of imidazole rings is 1. The first-order chi connectivity index (χ1) is 11.5. The molecule has 0 aliphatic rings. The van der Waals surface area contributed by atoms with E-state index in [1.54, 1.807) is 6.07 Å². The van der Waals surface area contributed by atoms with Crippen molar-refractivity contribution in [1.29, 1.82) is 0 Å². The number of aromatic amines is 1. The van der Waals surface area contributed by atoms with E-state index in [1.165, 1.54) is 6.20 Å². The molecule has 7 heteroatoms. The summed E-state index contributed by atoms with van der Waals surface area (Å²) in [5.41, 5.74) is 2.16. The SMILES string of the molecule is CC(C)Oc1ncc(C(=O)NCc2nc3ccccc3[nH]2)cc1Cl. The van der Waals surface area contributed by atoms with Crippen LogP contribution in [0.2, 0.25) is 5.02 Å². The molecule has 24 heavy (non-hydrogen) atoms. The van der Waals surface area contributed by atoms with Crippen LogP contribution in [0.5, 0.6) is 5.88 Å². The van der Waals surface area contributed by atoms with Crippen LogP contribution in [0.4, 0.5) is 0 Å². The Hall–Kier alpha value is -2.60. The number of nitrogens with one attached hydrogen (secondary N) is 2. The van der Waals surface area contributed by atoms with Gasteiger partial charge in [0.05, 0.1) is 29.2 Å². The zero-order chi connectivity index (χ0) is 17.1. The first-order valence-corrected chi connectivity index (χ1v) is 7.95. The number of carbonyl (C=O) groups excluding carboxylic acids is 1. The summed E-state index contributed by atoms with van der Waals surface area (Å²) in [7, 11) is 0. The highest BCUT2D eigenvalue weighted by molar-refractivity contribution is 6.32. The van der Waals surface area contributed by atoms with Crippen LogP contribution >= 0.6 is 11.6 Å². The van der Waals surface area contributed by atoms with Gasteiger partial charge < -0.3 is 15.0 Å². The summed E-state index contributed by atoms with van der Waals surface area (Å²) in [6.07, 6.45) is 1.40. The Morgan fingerprint density at radius 3 is 2.88 bits per heavy atom. The monoisotopic (exact) mass is 344 g/mol. The third-order valence-corrected chi connectivity index (χ3v) is 3.54. The number of carbonyl (C=O) groups is 1. The van der Waals surface area contributed by atoms with Gasteiger partial charge >= 0.3 is 0 Å². The van der Waals surface area contributed by atoms with Gasteiger partial charge in [-0.3, -0.25) is 4.79 Å². The van der Waals surface area contributed by atoms with Gasteiger partial charge in [0, 0.05) is 6.20 Å². The lowest BCUT2D eigenvalue weighted by molar-refractivity contribution is 0.0949. The van der Waals surface area contributed by atoms with Gasteiger partial charge in [0.15, 0.2) is 0 Å². The van der Waals surface area contributed by atoms with Crippen molar-refractivity contribution in [2.75, 3.05) is 0 Å². The van der Waals surface area contributed by atoms with Crippen LogP contribution in [0.1, 0.15) is 30.0 Å². The molecule has 0 radical (unpaired) electrons. The maximum absolute atomic E-state index is 12.2. The Bertz CT molecular complexity index is 843. The second-order valence-corrected chi connectivity index (χ2v) is 5.97. The van der Waals surface area contributed by atoms with E-state index in [1.807, 2.05) is 38.1 Å². The molecule has 2 aromatic heterocycles. The molecular weight excluding hydrogens is 328 g/mol. The average molecular weight is 345 g/mol. The number of amides is 1. The van der Waals surface area contributed by atoms with Crippen molar-refractivity contribution in [2.45, 2.75) is 26.5 Å². The first kappa shape index (κ1) is 16.3. The smallest absolute Gasteiger partial charge is 0.253 e. The zero-order valence-corrected chi connectivity index (χ0v) is 14.1. The second-order valence-electron chi connectivity index (χ2n) is 5.56. The van der Waals surface area contributed by atoms with Crippen molar-refractivity contribution in [1.82, 2.24) is 20.3 Å². The summed E-state index contributed by atoms with van der Waals surface area (Å²) in [5.74, 6) is 0.727. The van der Waals surface area contributed by atoms with Gasteiger partial charge in [-0.15, -0.1) is 0 Å². The van der Waals surface area contributed by atoms with E-state index >= 15 is 0 Å². The third-order valence-electron chi connectivity index (χ3n) is 3.27. The lowest BCUT2D eigenvalue weighted by Gasteiger charge is -2.10. The lowest BCUT2D eigenvalue weighted by atomic mass is 10.2. The van der Waals surface area contributed by atoms with Crippen molar-refractivity contribution in [3.63, 3.8) is 0 Å². The van der Waals surface area contributed by atoms with Gasteiger partial charge in [-0.25, -0.2) is 9.97 Å². The number of nitrogens with zero attached hydrogens (tertiary/aromatic N) is 2. The minimum Gasteiger partial charge on any atom is -0.474 e. The number of halogens is 1. The number of fused-ring (bicyclic) bond motifs is 1. The number of benzene rings is 1. The summed E-state index contributed by atoms with van der Waals surface area (Å²) in [6, 6.07) is 9.23. The van der Waals surface area contributed by atoms with Crippen molar-refractivity contribution >= 4 is 28.5 Å². The van der Waals surface area contributed by atoms with E-state index in [0.717, 1.165) is 11.0 Å². The minimum atomic E-state index is -0.277. The molecule has 3 aromatic rings. The molecule has 3 rings (SSSR count). The summed E-state index contributed by atoms with van der Waals surface area (Å²) >= 11 is 6.10. The Balaban J connectivity index is 1.67. The molecule has 0 unspecified atom stereocenters. The molecule has 6 nitrogen and oxygen atoms in total. The van der Waals surface area contributed by atoms with Crippen LogP contribution in [0.25, 0.3) is 11.0 Å². The Morgan fingerprint density at radius 1 is 1.38 bits per heavy atom. The van der Waals surface area contributed by atoms with Crippen LogP contribution in [0, 0.1) is 0 Å². The van der Waals surface area contributed by atoms with Crippen molar-refractivity contribution in [2.24, 2.45) is 0 Å². The fourth-order valence-electron chi connectivity index (χ4n) is 2.21. The summed E-state index contributed by atoms with van der Waals surface area (Å²) in [5, 5.41) is 3.10. The van der Waals surface area contributed by atoms with Crippen LogP contribution in [-0.2, 0) is 6.54 Å². The number of ether oxygens (including phenoxy) is 1. The van der Waals surface area contributed by atoms with Crippen molar-refractivity contribution in [3.05, 3.63) is 52.9 Å².